The second-order valence-corrected chi connectivity index (χ2v) is 5.73. The lowest BCUT2D eigenvalue weighted by molar-refractivity contribution is -0.154. The van der Waals surface area contributed by atoms with Gasteiger partial charge in [-0.25, -0.2) is 0 Å². The zero-order valence-corrected chi connectivity index (χ0v) is 10.7. The first-order chi connectivity index (χ1) is 7.97. The molecular weight excluding hydrogens is 216 g/mol. The number of unbranched alkanes of at least 4 members (excludes halogenated alkanes) is 1. The Kier molecular flexibility index (Phi) is 3.11. The van der Waals surface area contributed by atoms with E-state index in [9.17, 15) is 9.59 Å². The van der Waals surface area contributed by atoms with Crippen molar-refractivity contribution in [3.8, 4) is 0 Å². The van der Waals surface area contributed by atoms with E-state index in [1.807, 2.05) is 13.8 Å². The smallest absolute Gasteiger partial charge is 0.318 e. The fourth-order valence-corrected chi connectivity index (χ4v) is 3.01. The van der Waals surface area contributed by atoms with Crippen LogP contribution in [0, 0.1) is 23.2 Å². The summed E-state index contributed by atoms with van der Waals surface area (Å²) in [7, 11) is 0. The second kappa shape index (κ2) is 4.28. The van der Waals surface area contributed by atoms with Crippen molar-refractivity contribution in [2.75, 3.05) is 0 Å². The van der Waals surface area contributed by atoms with E-state index in [0.717, 1.165) is 19.3 Å². The first kappa shape index (κ1) is 12.3. The molecule has 0 bridgehead atoms. The molecule has 1 saturated heterocycles. The number of ether oxygens (including phenoxy) is 1. The Hall–Kier alpha value is -1.12. The van der Waals surface area contributed by atoms with Crippen LogP contribution in [0.5, 0.6) is 0 Å². The Morgan fingerprint density at radius 3 is 2.65 bits per heavy atom. The minimum absolute atomic E-state index is 0.173. The molecular formula is C14H20O3. The molecule has 0 amide bonds. The molecule has 3 unspecified atom stereocenters. The largest absolute Gasteiger partial charge is 0.393 e. The Bertz CT molecular complexity index is 368. The molecule has 17 heavy (non-hydrogen) atoms. The van der Waals surface area contributed by atoms with Gasteiger partial charge in [0, 0.05) is 0 Å². The number of carbonyl (C=O) groups excluding carboxylic acids is 2. The molecule has 0 aromatic rings. The second-order valence-electron chi connectivity index (χ2n) is 5.73. The van der Waals surface area contributed by atoms with Gasteiger partial charge in [0.25, 0.3) is 0 Å². The van der Waals surface area contributed by atoms with Gasteiger partial charge in [0.1, 0.15) is 0 Å². The summed E-state index contributed by atoms with van der Waals surface area (Å²) in [5.41, 5.74) is -0.267. The maximum absolute atomic E-state index is 11.8. The van der Waals surface area contributed by atoms with Crippen molar-refractivity contribution in [1.29, 1.82) is 0 Å². The zero-order chi connectivity index (χ0) is 12.6. The number of rotatable bonds is 3. The molecule has 2 rings (SSSR count). The van der Waals surface area contributed by atoms with Gasteiger partial charge in [0.15, 0.2) is 0 Å². The van der Waals surface area contributed by atoms with Gasteiger partial charge in [-0.2, -0.15) is 0 Å². The highest BCUT2D eigenvalue weighted by atomic mass is 16.6. The fourth-order valence-electron chi connectivity index (χ4n) is 3.01. The summed E-state index contributed by atoms with van der Waals surface area (Å²) in [5, 5.41) is 0. The number of cyclic esters (lactones) is 2. The Labute approximate surface area is 102 Å². The first-order valence-corrected chi connectivity index (χ1v) is 6.42. The molecule has 0 N–H and O–H groups in total. The van der Waals surface area contributed by atoms with E-state index in [1.54, 1.807) is 0 Å². The van der Waals surface area contributed by atoms with Crippen LogP contribution in [-0.2, 0) is 14.3 Å². The van der Waals surface area contributed by atoms with E-state index in [-0.39, 0.29) is 35.1 Å². The molecule has 3 heteroatoms. The summed E-state index contributed by atoms with van der Waals surface area (Å²) in [4.78, 5) is 23.6. The number of carbonyl (C=O) groups is 2. The predicted octanol–water partition coefficient (Wildman–Crippen LogP) is 2.70. The van der Waals surface area contributed by atoms with Crippen LogP contribution in [0.4, 0.5) is 0 Å². The quantitative estimate of drug-likeness (QED) is 0.430. The van der Waals surface area contributed by atoms with E-state index < -0.39 is 0 Å². The highest BCUT2D eigenvalue weighted by molar-refractivity contribution is 5.97. The van der Waals surface area contributed by atoms with Gasteiger partial charge in [0.2, 0.25) is 0 Å². The molecule has 2 aliphatic rings. The van der Waals surface area contributed by atoms with Gasteiger partial charge in [-0.3, -0.25) is 9.59 Å². The maximum Gasteiger partial charge on any atom is 0.318 e. The number of hydrogen-bond acceptors (Lipinski definition) is 3. The average molecular weight is 236 g/mol. The maximum atomic E-state index is 11.8. The first-order valence-electron chi connectivity index (χ1n) is 6.42. The van der Waals surface area contributed by atoms with Crippen LogP contribution in [0.2, 0.25) is 0 Å². The molecule has 1 heterocycles. The highest BCUT2D eigenvalue weighted by Crippen LogP contribution is 2.48. The standard InChI is InChI=1S/C14H20O3/c1-4-5-6-9-7-8-14(2,3)11-10(9)12(15)17-13(11)16/h7-11H,4-6H2,1-3H3. The van der Waals surface area contributed by atoms with E-state index in [2.05, 4.69) is 19.1 Å². The van der Waals surface area contributed by atoms with Gasteiger partial charge >= 0.3 is 11.9 Å². The van der Waals surface area contributed by atoms with Crippen LogP contribution in [0.3, 0.4) is 0 Å². The number of hydrogen-bond donors (Lipinski definition) is 0. The number of allylic oxidation sites excluding steroid dienone is 2. The molecule has 0 saturated carbocycles. The summed E-state index contributed by atoms with van der Waals surface area (Å²) in [6.45, 7) is 6.13. The third-order valence-electron chi connectivity index (χ3n) is 4.01. The predicted molar refractivity (Wildman–Crippen MR) is 64.0 cm³/mol. The average Bonchev–Trinajstić information content (AvgIpc) is 2.55. The van der Waals surface area contributed by atoms with E-state index in [0.29, 0.717) is 0 Å². The van der Waals surface area contributed by atoms with Crippen molar-refractivity contribution in [3.63, 3.8) is 0 Å². The van der Waals surface area contributed by atoms with Crippen molar-refractivity contribution in [3.05, 3.63) is 12.2 Å². The van der Waals surface area contributed by atoms with Crippen molar-refractivity contribution >= 4 is 11.9 Å². The third-order valence-corrected chi connectivity index (χ3v) is 4.01. The van der Waals surface area contributed by atoms with E-state index >= 15 is 0 Å². The summed E-state index contributed by atoms with van der Waals surface area (Å²) < 4.78 is 4.84. The molecule has 1 fully saturated rings. The Morgan fingerprint density at radius 1 is 1.29 bits per heavy atom. The molecule has 1 aliphatic carbocycles. The molecule has 0 aromatic heterocycles. The van der Waals surface area contributed by atoms with Crippen LogP contribution in [0.1, 0.15) is 40.0 Å². The van der Waals surface area contributed by atoms with Crippen molar-refractivity contribution in [1.82, 2.24) is 0 Å². The van der Waals surface area contributed by atoms with Gasteiger partial charge in [0.05, 0.1) is 11.8 Å². The van der Waals surface area contributed by atoms with Crippen LogP contribution < -0.4 is 0 Å². The van der Waals surface area contributed by atoms with Crippen molar-refractivity contribution in [2.45, 2.75) is 40.0 Å². The SMILES string of the molecule is CCCCC1C=CC(C)(C)C2C(=O)OC(=O)C12. The van der Waals surface area contributed by atoms with E-state index in [4.69, 9.17) is 4.74 Å². The van der Waals surface area contributed by atoms with Crippen molar-refractivity contribution < 1.29 is 14.3 Å². The number of esters is 2. The number of fused-ring (bicyclic) bond motifs is 1. The van der Waals surface area contributed by atoms with Gasteiger partial charge in [-0.15, -0.1) is 0 Å². The molecule has 0 spiro atoms. The van der Waals surface area contributed by atoms with E-state index in [1.165, 1.54) is 0 Å². The van der Waals surface area contributed by atoms with Crippen LogP contribution in [-0.4, -0.2) is 11.9 Å². The molecule has 0 radical (unpaired) electrons. The normalized spacial score (nSPS) is 34.6. The molecule has 1 aliphatic heterocycles. The van der Waals surface area contributed by atoms with Crippen LogP contribution in [0.25, 0.3) is 0 Å². The molecule has 94 valence electrons. The summed E-state index contributed by atoms with van der Waals surface area (Å²) in [6, 6.07) is 0. The Balaban J connectivity index is 2.28. The lowest BCUT2D eigenvalue weighted by Crippen LogP contribution is -2.38. The topological polar surface area (TPSA) is 43.4 Å². The van der Waals surface area contributed by atoms with Gasteiger partial charge < -0.3 is 4.74 Å². The molecule has 3 atom stereocenters. The Morgan fingerprint density at radius 2 is 2.00 bits per heavy atom. The molecule has 3 nitrogen and oxygen atoms in total. The zero-order valence-electron chi connectivity index (χ0n) is 10.7. The lowest BCUT2D eigenvalue weighted by Gasteiger charge is -2.36. The minimum atomic E-state index is -0.337. The summed E-state index contributed by atoms with van der Waals surface area (Å²) in [5.74, 6) is -1.03. The van der Waals surface area contributed by atoms with Crippen molar-refractivity contribution in [2.24, 2.45) is 23.2 Å². The van der Waals surface area contributed by atoms with Crippen LogP contribution in [0.15, 0.2) is 12.2 Å². The minimum Gasteiger partial charge on any atom is -0.393 e. The summed E-state index contributed by atoms with van der Waals surface area (Å²) >= 11 is 0. The third kappa shape index (κ3) is 2.03. The molecule has 0 aromatic carbocycles. The highest BCUT2D eigenvalue weighted by Gasteiger charge is 2.55. The summed E-state index contributed by atoms with van der Waals surface area (Å²) in [6.07, 6.45) is 7.34. The van der Waals surface area contributed by atoms with Gasteiger partial charge in [-0.1, -0.05) is 45.8 Å². The van der Waals surface area contributed by atoms with Gasteiger partial charge in [-0.05, 0) is 17.8 Å². The fraction of sp³-hybridized carbons (Fsp3) is 0.714. The monoisotopic (exact) mass is 236 g/mol. The van der Waals surface area contributed by atoms with Crippen LogP contribution >= 0.6 is 0 Å². The lowest BCUT2D eigenvalue weighted by atomic mass is 9.64.